The molecule has 1 heterocycles. The third kappa shape index (κ3) is 6.10. The van der Waals surface area contributed by atoms with Crippen molar-refractivity contribution in [3.05, 3.63) is 46.3 Å². The summed E-state index contributed by atoms with van der Waals surface area (Å²) in [6.45, 7) is 8.07. The molecule has 1 aromatic heterocycles. The number of hydrogen-bond donors (Lipinski definition) is 2. The summed E-state index contributed by atoms with van der Waals surface area (Å²) in [5.74, 6) is 0.688. The summed E-state index contributed by atoms with van der Waals surface area (Å²) < 4.78 is 5.15. The third-order valence-electron chi connectivity index (χ3n) is 4.13. The minimum Gasteiger partial charge on any atom is -0.497 e. The molecule has 146 valence electrons. The number of carbonyl (C=O) groups is 2. The van der Waals surface area contributed by atoms with Crippen LogP contribution in [0.5, 0.6) is 5.75 Å². The highest BCUT2D eigenvalue weighted by atomic mass is 32.1. The molecule has 1 aromatic carbocycles. The first-order chi connectivity index (χ1) is 12.7. The molecule has 0 atom stereocenters. The molecule has 0 aliphatic heterocycles. The van der Waals surface area contributed by atoms with Crippen molar-refractivity contribution in [3.8, 4) is 5.75 Å². The average molecular weight is 389 g/mol. The van der Waals surface area contributed by atoms with Crippen molar-refractivity contribution >= 4 is 28.2 Å². The van der Waals surface area contributed by atoms with Gasteiger partial charge in [0.1, 0.15) is 5.75 Å². The molecule has 0 bridgehead atoms. The molecule has 2 N–H and O–H groups in total. The Morgan fingerprint density at radius 1 is 1.15 bits per heavy atom. The molecule has 0 aliphatic rings. The van der Waals surface area contributed by atoms with Gasteiger partial charge in [-0.05, 0) is 49.1 Å². The molecule has 27 heavy (non-hydrogen) atoms. The summed E-state index contributed by atoms with van der Waals surface area (Å²) in [5, 5.41) is 6.55. The van der Waals surface area contributed by atoms with Crippen LogP contribution in [0.3, 0.4) is 0 Å². The van der Waals surface area contributed by atoms with Crippen LogP contribution in [0.15, 0.2) is 30.3 Å². The van der Waals surface area contributed by atoms with Gasteiger partial charge in [-0.3, -0.25) is 9.59 Å². The number of aryl methyl sites for hydroxylation is 2. The lowest BCUT2D eigenvalue weighted by Gasteiger charge is -2.16. The number of ether oxygens (including phenoxy) is 1. The number of benzene rings is 1. The zero-order valence-electron chi connectivity index (χ0n) is 16.6. The van der Waals surface area contributed by atoms with E-state index in [1.807, 2.05) is 58.0 Å². The Morgan fingerprint density at radius 3 is 2.41 bits per heavy atom. The molecular formula is C21H28N2O3S. The van der Waals surface area contributed by atoms with Gasteiger partial charge in [0.25, 0.3) is 5.91 Å². The minimum absolute atomic E-state index is 0.0600. The number of methoxy groups -OCH3 is 1. The zero-order valence-corrected chi connectivity index (χ0v) is 17.5. The second kappa shape index (κ2) is 9.04. The van der Waals surface area contributed by atoms with Crippen LogP contribution in [0, 0.1) is 12.3 Å². The zero-order chi connectivity index (χ0) is 20.0. The van der Waals surface area contributed by atoms with E-state index in [1.165, 1.54) is 16.9 Å². The second-order valence-electron chi connectivity index (χ2n) is 7.53. The number of thiophene rings is 1. The van der Waals surface area contributed by atoms with E-state index in [0.29, 0.717) is 16.4 Å². The highest BCUT2D eigenvalue weighted by molar-refractivity contribution is 7.18. The summed E-state index contributed by atoms with van der Waals surface area (Å²) in [6.07, 6.45) is 1.75. The number of nitrogens with one attached hydrogen (secondary N) is 2. The van der Waals surface area contributed by atoms with Gasteiger partial charge in [-0.15, -0.1) is 11.3 Å². The fraction of sp³-hybridized carbons (Fsp3) is 0.429. The molecule has 0 spiro atoms. The van der Waals surface area contributed by atoms with E-state index >= 15 is 0 Å². The molecule has 2 aromatic rings. The Balaban J connectivity index is 1.84. The van der Waals surface area contributed by atoms with Crippen LogP contribution in [-0.2, 0) is 11.2 Å². The largest absolute Gasteiger partial charge is 0.497 e. The maximum absolute atomic E-state index is 12.4. The molecule has 0 saturated carbocycles. The number of anilines is 1. The van der Waals surface area contributed by atoms with Crippen LogP contribution >= 0.6 is 11.3 Å². The van der Waals surface area contributed by atoms with Gasteiger partial charge in [0.15, 0.2) is 0 Å². The van der Waals surface area contributed by atoms with E-state index in [0.717, 1.165) is 24.2 Å². The van der Waals surface area contributed by atoms with Crippen LogP contribution in [-0.4, -0.2) is 25.5 Å². The Hall–Kier alpha value is -2.34. The Labute approximate surface area is 165 Å². The summed E-state index contributed by atoms with van der Waals surface area (Å²) in [5.41, 5.74) is 1.61. The molecule has 2 amide bonds. The van der Waals surface area contributed by atoms with Crippen LogP contribution < -0.4 is 15.4 Å². The smallest absolute Gasteiger partial charge is 0.261 e. The molecule has 0 unspecified atom stereocenters. The van der Waals surface area contributed by atoms with E-state index in [2.05, 4.69) is 10.6 Å². The van der Waals surface area contributed by atoms with Gasteiger partial charge in [0, 0.05) is 12.0 Å². The Bertz CT molecular complexity index is 789. The van der Waals surface area contributed by atoms with Crippen molar-refractivity contribution in [2.45, 2.75) is 40.5 Å². The van der Waals surface area contributed by atoms with Gasteiger partial charge in [-0.1, -0.05) is 32.9 Å². The monoisotopic (exact) mass is 388 g/mol. The predicted octanol–water partition coefficient (Wildman–Crippen LogP) is 4.41. The molecule has 0 saturated heterocycles. The highest BCUT2D eigenvalue weighted by Crippen LogP contribution is 2.28. The summed E-state index contributed by atoms with van der Waals surface area (Å²) in [6, 6.07) is 9.80. The lowest BCUT2D eigenvalue weighted by Crippen LogP contribution is -2.27. The van der Waals surface area contributed by atoms with Gasteiger partial charge in [-0.2, -0.15) is 0 Å². The van der Waals surface area contributed by atoms with E-state index in [4.69, 9.17) is 4.74 Å². The predicted molar refractivity (Wildman–Crippen MR) is 111 cm³/mol. The second-order valence-corrected chi connectivity index (χ2v) is 8.59. The molecule has 0 fully saturated rings. The molecule has 0 aliphatic carbocycles. The van der Waals surface area contributed by atoms with Gasteiger partial charge >= 0.3 is 0 Å². The van der Waals surface area contributed by atoms with E-state index in [1.54, 1.807) is 7.11 Å². The molecule has 5 nitrogen and oxygen atoms in total. The van der Waals surface area contributed by atoms with Gasteiger partial charge in [0.05, 0.1) is 17.0 Å². The van der Waals surface area contributed by atoms with Crippen LogP contribution in [0.2, 0.25) is 0 Å². The van der Waals surface area contributed by atoms with Crippen molar-refractivity contribution in [2.24, 2.45) is 5.41 Å². The summed E-state index contributed by atoms with van der Waals surface area (Å²) >= 11 is 1.31. The summed E-state index contributed by atoms with van der Waals surface area (Å²) in [4.78, 5) is 25.2. The fourth-order valence-corrected chi connectivity index (χ4v) is 3.42. The summed E-state index contributed by atoms with van der Waals surface area (Å²) in [7, 11) is 1.65. The lowest BCUT2D eigenvalue weighted by atomic mass is 9.96. The van der Waals surface area contributed by atoms with Crippen LogP contribution in [0.1, 0.15) is 48.0 Å². The molecule has 6 heteroatoms. The first-order valence-electron chi connectivity index (χ1n) is 9.03. The molecule has 2 rings (SSSR count). The van der Waals surface area contributed by atoms with Crippen LogP contribution in [0.4, 0.5) is 5.00 Å². The highest BCUT2D eigenvalue weighted by Gasteiger charge is 2.23. The van der Waals surface area contributed by atoms with Gasteiger partial charge < -0.3 is 15.4 Å². The maximum Gasteiger partial charge on any atom is 0.261 e. The number of hydrogen-bond acceptors (Lipinski definition) is 4. The lowest BCUT2D eigenvalue weighted by molar-refractivity contribution is -0.123. The maximum atomic E-state index is 12.4. The quantitative estimate of drug-likeness (QED) is 0.690. The normalized spacial score (nSPS) is 11.1. The van der Waals surface area contributed by atoms with Crippen molar-refractivity contribution in [2.75, 3.05) is 19.0 Å². The van der Waals surface area contributed by atoms with Crippen molar-refractivity contribution in [3.63, 3.8) is 0 Å². The molecule has 0 radical (unpaired) electrons. The Morgan fingerprint density at radius 2 is 1.81 bits per heavy atom. The first kappa shape index (κ1) is 21.0. The number of rotatable bonds is 7. The standard InChI is InChI=1S/C21H28N2O3S/c1-14-13-17(23-20(25)21(2,3)4)27-18(14)19(24)22-12-6-7-15-8-10-16(26-5)11-9-15/h8-11,13H,6-7,12H2,1-5H3,(H,22,24)(H,23,25). The Kier molecular flexibility index (Phi) is 7.02. The van der Waals surface area contributed by atoms with Crippen molar-refractivity contribution in [1.29, 1.82) is 0 Å². The third-order valence-corrected chi connectivity index (χ3v) is 5.28. The number of amides is 2. The van der Waals surface area contributed by atoms with E-state index < -0.39 is 5.41 Å². The SMILES string of the molecule is COc1ccc(CCCNC(=O)c2sc(NC(=O)C(C)(C)C)cc2C)cc1. The minimum atomic E-state index is -0.470. The fourth-order valence-electron chi connectivity index (χ4n) is 2.44. The number of carbonyl (C=O) groups excluding carboxylic acids is 2. The van der Waals surface area contributed by atoms with Crippen molar-refractivity contribution in [1.82, 2.24) is 5.32 Å². The topological polar surface area (TPSA) is 67.4 Å². The van der Waals surface area contributed by atoms with Crippen LogP contribution in [0.25, 0.3) is 0 Å². The van der Waals surface area contributed by atoms with Gasteiger partial charge in [0.2, 0.25) is 5.91 Å². The van der Waals surface area contributed by atoms with Crippen molar-refractivity contribution < 1.29 is 14.3 Å². The van der Waals surface area contributed by atoms with E-state index in [-0.39, 0.29) is 11.8 Å². The first-order valence-corrected chi connectivity index (χ1v) is 9.85. The van der Waals surface area contributed by atoms with E-state index in [9.17, 15) is 9.59 Å². The van der Waals surface area contributed by atoms with Gasteiger partial charge in [-0.25, -0.2) is 0 Å². The molecular weight excluding hydrogens is 360 g/mol. The average Bonchev–Trinajstić information content (AvgIpc) is 2.98.